The van der Waals surface area contributed by atoms with Gasteiger partial charge in [-0.1, -0.05) is 11.6 Å². The van der Waals surface area contributed by atoms with Crippen LogP contribution in [0.25, 0.3) is 0 Å². The molecule has 0 aliphatic rings. The molecule has 1 aromatic rings. The molecule has 76 valence electrons. The number of hydrogen-bond donors (Lipinski definition) is 2. The molecule has 1 atom stereocenters. The van der Waals surface area contributed by atoms with Gasteiger partial charge in [0.15, 0.2) is 0 Å². The molecule has 0 radical (unpaired) electrons. The van der Waals surface area contributed by atoms with Gasteiger partial charge >= 0.3 is 0 Å². The van der Waals surface area contributed by atoms with Crippen LogP contribution < -0.4 is 5.32 Å². The Labute approximate surface area is 91.9 Å². The van der Waals surface area contributed by atoms with Gasteiger partial charge in [-0.25, -0.2) is 4.39 Å². The van der Waals surface area contributed by atoms with E-state index in [0.29, 0.717) is 5.69 Å². The Balaban J connectivity index is 2.82. The average molecular weight is 234 g/mol. The van der Waals surface area contributed by atoms with Crippen molar-refractivity contribution in [1.82, 2.24) is 0 Å². The van der Waals surface area contributed by atoms with Crippen molar-refractivity contribution in [3.8, 4) is 0 Å². The van der Waals surface area contributed by atoms with Crippen LogP contribution in [0.3, 0.4) is 0 Å². The van der Waals surface area contributed by atoms with Gasteiger partial charge in [-0.3, -0.25) is 4.79 Å². The molecular weight excluding hydrogens is 225 g/mol. The Morgan fingerprint density at radius 2 is 2.29 bits per heavy atom. The van der Waals surface area contributed by atoms with Crippen molar-refractivity contribution in [2.45, 2.75) is 12.2 Å². The summed E-state index contributed by atoms with van der Waals surface area (Å²) in [7, 11) is 0. The highest BCUT2D eigenvalue weighted by molar-refractivity contribution is 7.81. The third kappa shape index (κ3) is 2.89. The molecule has 0 heterocycles. The standard InChI is InChI=1S/C9H9ClFNOS/c1-5(14)9(13)12-8-3-2-6(11)4-7(8)10/h2-5,14H,1H3,(H,12,13). The predicted octanol–water partition coefficient (Wildman–Crippen LogP) is 2.74. The Kier molecular flexibility index (Phi) is 3.77. The Morgan fingerprint density at radius 1 is 1.64 bits per heavy atom. The van der Waals surface area contributed by atoms with Crippen molar-refractivity contribution in [2.24, 2.45) is 0 Å². The van der Waals surface area contributed by atoms with E-state index in [0.717, 1.165) is 6.07 Å². The van der Waals surface area contributed by atoms with Crippen LogP contribution in [0.1, 0.15) is 6.92 Å². The molecule has 14 heavy (non-hydrogen) atoms. The van der Waals surface area contributed by atoms with Gasteiger partial charge in [0.05, 0.1) is 16.0 Å². The van der Waals surface area contributed by atoms with Crippen LogP contribution in [0, 0.1) is 5.82 Å². The van der Waals surface area contributed by atoms with E-state index in [9.17, 15) is 9.18 Å². The van der Waals surface area contributed by atoms with Crippen molar-refractivity contribution in [3.63, 3.8) is 0 Å². The van der Waals surface area contributed by atoms with Crippen LogP contribution in [-0.4, -0.2) is 11.2 Å². The summed E-state index contributed by atoms with van der Waals surface area (Å²) in [4.78, 5) is 11.2. The topological polar surface area (TPSA) is 29.1 Å². The molecule has 1 aromatic carbocycles. The molecule has 0 saturated carbocycles. The first-order valence-electron chi connectivity index (χ1n) is 3.94. The second kappa shape index (κ2) is 4.66. The molecule has 1 amide bonds. The van der Waals surface area contributed by atoms with Crippen molar-refractivity contribution < 1.29 is 9.18 Å². The maximum Gasteiger partial charge on any atom is 0.236 e. The Bertz CT molecular complexity index is 357. The number of benzene rings is 1. The fourth-order valence-corrected chi connectivity index (χ4v) is 1.11. The van der Waals surface area contributed by atoms with E-state index in [2.05, 4.69) is 17.9 Å². The molecule has 0 aliphatic heterocycles. The molecule has 5 heteroatoms. The van der Waals surface area contributed by atoms with E-state index in [1.165, 1.54) is 12.1 Å². The molecule has 1 N–H and O–H groups in total. The lowest BCUT2D eigenvalue weighted by atomic mass is 10.3. The van der Waals surface area contributed by atoms with Crippen LogP contribution >= 0.6 is 24.2 Å². The number of amides is 1. The number of thiol groups is 1. The van der Waals surface area contributed by atoms with Crippen LogP contribution in [-0.2, 0) is 4.79 Å². The lowest BCUT2D eigenvalue weighted by Crippen LogP contribution is -2.20. The van der Waals surface area contributed by atoms with E-state index in [4.69, 9.17) is 11.6 Å². The summed E-state index contributed by atoms with van der Waals surface area (Å²) in [6.45, 7) is 1.63. The second-order valence-electron chi connectivity index (χ2n) is 2.79. The molecular formula is C9H9ClFNOS. The first-order chi connectivity index (χ1) is 6.50. The van der Waals surface area contributed by atoms with E-state index < -0.39 is 11.1 Å². The molecule has 0 spiro atoms. The van der Waals surface area contributed by atoms with Crippen LogP contribution in [0.2, 0.25) is 5.02 Å². The maximum absolute atomic E-state index is 12.6. The van der Waals surface area contributed by atoms with E-state index in [1.54, 1.807) is 6.92 Å². The maximum atomic E-state index is 12.6. The van der Waals surface area contributed by atoms with Gasteiger partial charge in [0.1, 0.15) is 5.82 Å². The highest BCUT2D eigenvalue weighted by atomic mass is 35.5. The molecule has 0 aromatic heterocycles. The smallest absolute Gasteiger partial charge is 0.236 e. The minimum atomic E-state index is -0.438. The fourth-order valence-electron chi connectivity index (χ4n) is 0.828. The molecule has 2 nitrogen and oxygen atoms in total. The van der Waals surface area contributed by atoms with Gasteiger partial charge in [0.2, 0.25) is 5.91 Å². The van der Waals surface area contributed by atoms with Crippen LogP contribution in [0.4, 0.5) is 10.1 Å². The number of anilines is 1. The molecule has 1 rings (SSSR count). The number of rotatable bonds is 2. The highest BCUT2D eigenvalue weighted by Gasteiger charge is 2.10. The molecule has 1 unspecified atom stereocenters. The van der Waals surface area contributed by atoms with E-state index >= 15 is 0 Å². The van der Waals surface area contributed by atoms with E-state index in [-0.39, 0.29) is 10.9 Å². The second-order valence-corrected chi connectivity index (χ2v) is 3.97. The SMILES string of the molecule is CC(S)C(=O)Nc1ccc(F)cc1Cl. The number of carbonyl (C=O) groups is 1. The Hall–Kier alpha value is -0.740. The first-order valence-corrected chi connectivity index (χ1v) is 4.84. The highest BCUT2D eigenvalue weighted by Crippen LogP contribution is 2.22. The van der Waals surface area contributed by atoms with Crippen molar-refractivity contribution in [2.75, 3.05) is 5.32 Å². The predicted molar refractivity (Wildman–Crippen MR) is 58.5 cm³/mol. The zero-order valence-corrected chi connectivity index (χ0v) is 9.07. The Morgan fingerprint density at radius 3 is 2.79 bits per heavy atom. The fraction of sp³-hybridized carbons (Fsp3) is 0.222. The minimum Gasteiger partial charge on any atom is -0.324 e. The van der Waals surface area contributed by atoms with Gasteiger partial charge in [-0.05, 0) is 25.1 Å². The largest absolute Gasteiger partial charge is 0.324 e. The number of nitrogens with one attached hydrogen (secondary N) is 1. The summed E-state index contributed by atoms with van der Waals surface area (Å²) < 4.78 is 12.6. The quantitative estimate of drug-likeness (QED) is 0.756. The normalized spacial score (nSPS) is 12.3. The van der Waals surface area contributed by atoms with Gasteiger partial charge in [-0.2, -0.15) is 12.6 Å². The van der Waals surface area contributed by atoms with Gasteiger partial charge in [0, 0.05) is 0 Å². The number of halogens is 2. The first kappa shape index (κ1) is 11.3. The van der Waals surface area contributed by atoms with Crippen molar-refractivity contribution in [3.05, 3.63) is 29.0 Å². The van der Waals surface area contributed by atoms with E-state index in [1.807, 2.05) is 0 Å². The molecule has 0 fully saturated rings. The zero-order valence-electron chi connectivity index (χ0n) is 7.42. The summed E-state index contributed by atoms with van der Waals surface area (Å²) >= 11 is 9.65. The van der Waals surface area contributed by atoms with Crippen molar-refractivity contribution in [1.29, 1.82) is 0 Å². The number of carbonyl (C=O) groups excluding carboxylic acids is 1. The zero-order chi connectivity index (χ0) is 10.7. The summed E-state index contributed by atoms with van der Waals surface area (Å²) in [5, 5.41) is 2.26. The monoisotopic (exact) mass is 233 g/mol. The minimum absolute atomic E-state index is 0.173. The summed E-state index contributed by atoms with van der Waals surface area (Å²) in [6, 6.07) is 3.77. The van der Waals surface area contributed by atoms with Crippen LogP contribution in [0.15, 0.2) is 18.2 Å². The van der Waals surface area contributed by atoms with Gasteiger partial charge < -0.3 is 5.32 Å². The molecule has 0 aliphatic carbocycles. The average Bonchev–Trinajstić information content (AvgIpc) is 2.09. The van der Waals surface area contributed by atoms with Crippen LogP contribution in [0.5, 0.6) is 0 Å². The molecule has 0 saturated heterocycles. The lowest BCUT2D eigenvalue weighted by molar-refractivity contribution is -0.115. The lowest BCUT2D eigenvalue weighted by Gasteiger charge is -2.08. The third-order valence-corrected chi connectivity index (χ3v) is 2.12. The number of hydrogen-bond acceptors (Lipinski definition) is 2. The summed E-state index contributed by atoms with van der Waals surface area (Å²) in [5.74, 6) is -0.714. The molecule has 0 bridgehead atoms. The third-order valence-electron chi connectivity index (χ3n) is 1.57. The van der Waals surface area contributed by atoms with Crippen molar-refractivity contribution >= 4 is 35.8 Å². The van der Waals surface area contributed by atoms with Gasteiger partial charge in [-0.15, -0.1) is 0 Å². The summed E-state index contributed by atoms with van der Waals surface area (Å²) in [5.41, 5.74) is 0.388. The summed E-state index contributed by atoms with van der Waals surface area (Å²) in [6.07, 6.45) is 0. The van der Waals surface area contributed by atoms with Gasteiger partial charge in [0.25, 0.3) is 0 Å².